The number of amides is 1. The second-order valence-electron chi connectivity index (χ2n) is 6.20. The minimum Gasteiger partial charge on any atom is -0.345 e. The van der Waals surface area contributed by atoms with Gasteiger partial charge >= 0.3 is 0 Å². The number of halogens is 2. The van der Waals surface area contributed by atoms with Crippen LogP contribution < -0.4 is 10.6 Å². The monoisotopic (exact) mass is 360 g/mol. The number of carbonyl (C=O) groups is 2. The maximum atomic E-state index is 13.3. The fourth-order valence-electron chi connectivity index (χ4n) is 2.54. The highest BCUT2D eigenvalue weighted by atomic mass is 19.2. The molecular weight excluding hydrogens is 338 g/mol. The Labute approximate surface area is 151 Å². The highest BCUT2D eigenvalue weighted by Crippen LogP contribution is 2.15. The van der Waals surface area contributed by atoms with Crippen LogP contribution >= 0.6 is 0 Å². The quantitative estimate of drug-likeness (QED) is 0.761. The molecular formula is C20H22F2N2O2. The second-order valence-corrected chi connectivity index (χ2v) is 6.20. The molecule has 1 amide bonds. The molecule has 0 saturated heterocycles. The molecule has 0 aliphatic carbocycles. The van der Waals surface area contributed by atoms with E-state index in [2.05, 4.69) is 10.6 Å². The smallest absolute Gasteiger partial charge is 0.234 e. The molecule has 0 heterocycles. The first-order chi connectivity index (χ1) is 12.4. The lowest BCUT2D eigenvalue weighted by atomic mass is 10.0. The normalized spacial score (nSPS) is 13.1. The standard InChI is InChI=1S/C20H22F2N2O2/c1-13(16-8-9-17(21)18(22)11-16)23-12-20(26)24-19(14(2)25)10-15-6-4-3-5-7-15/h3-9,11,13,19,23H,10,12H2,1-2H3,(H,24,26)/t13-,19-/m0/s1. The van der Waals surface area contributed by atoms with Crippen molar-refractivity contribution in [1.29, 1.82) is 0 Å². The summed E-state index contributed by atoms with van der Waals surface area (Å²) in [6.07, 6.45) is 0.417. The molecule has 138 valence electrons. The van der Waals surface area contributed by atoms with Crippen molar-refractivity contribution in [2.45, 2.75) is 32.4 Å². The van der Waals surface area contributed by atoms with E-state index >= 15 is 0 Å². The van der Waals surface area contributed by atoms with Crippen molar-refractivity contribution in [3.63, 3.8) is 0 Å². The van der Waals surface area contributed by atoms with Gasteiger partial charge in [-0.1, -0.05) is 36.4 Å². The van der Waals surface area contributed by atoms with Crippen molar-refractivity contribution in [3.05, 3.63) is 71.3 Å². The van der Waals surface area contributed by atoms with E-state index in [1.165, 1.54) is 13.0 Å². The Morgan fingerprint density at radius 2 is 1.73 bits per heavy atom. The van der Waals surface area contributed by atoms with Crippen LogP contribution in [0.1, 0.15) is 31.0 Å². The first-order valence-corrected chi connectivity index (χ1v) is 8.39. The van der Waals surface area contributed by atoms with Gasteiger partial charge in [0.15, 0.2) is 17.4 Å². The highest BCUT2D eigenvalue weighted by Gasteiger charge is 2.18. The van der Waals surface area contributed by atoms with E-state index in [9.17, 15) is 18.4 Å². The third-order valence-corrected chi connectivity index (χ3v) is 4.12. The van der Waals surface area contributed by atoms with Gasteiger partial charge in [0.1, 0.15) is 0 Å². The molecule has 0 aliphatic heterocycles. The molecule has 0 spiro atoms. The number of nitrogens with one attached hydrogen (secondary N) is 2. The van der Waals surface area contributed by atoms with Gasteiger partial charge in [-0.2, -0.15) is 0 Å². The third kappa shape index (κ3) is 5.74. The van der Waals surface area contributed by atoms with Crippen LogP contribution in [0, 0.1) is 11.6 Å². The van der Waals surface area contributed by atoms with Crippen LogP contribution in [0.4, 0.5) is 8.78 Å². The largest absolute Gasteiger partial charge is 0.345 e. The van der Waals surface area contributed by atoms with E-state index in [0.29, 0.717) is 12.0 Å². The Hall–Kier alpha value is -2.60. The minimum absolute atomic E-state index is 0.0429. The molecule has 0 aromatic heterocycles. The zero-order chi connectivity index (χ0) is 19.1. The summed E-state index contributed by atoms with van der Waals surface area (Å²) in [5, 5.41) is 5.65. The Kier molecular flexibility index (Phi) is 6.97. The van der Waals surface area contributed by atoms with E-state index in [1.807, 2.05) is 30.3 Å². The summed E-state index contributed by atoms with van der Waals surface area (Å²) in [6, 6.07) is 12.1. The number of hydrogen-bond donors (Lipinski definition) is 2. The van der Waals surface area contributed by atoms with Crippen LogP contribution in [0.15, 0.2) is 48.5 Å². The van der Waals surface area contributed by atoms with Crippen LogP contribution in [0.2, 0.25) is 0 Å². The molecule has 2 rings (SSSR count). The topological polar surface area (TPSA) is 58.2 Å². The molecule has 6 heteroatoms. The number of hydrogen-bond acceptors (Lipinski definition) is 3. The Morgan fingerprint density at radius 1 is 1.04 bits per heavy atom. The van der Waals surface area contributed by atoms with Crippen molar-refractivity contribution in [2.24, 2.45) is 0 Å². The number of ketones is 1. The molecule has 2 N–H and O–H groups in total. The molecule has 2 aromatic rings. The van der Waals surface area contributed by atoms with E-state index in [1.54, 1.807) is 6.92 Å². The summed E-state index contributed by atoms with van der Waals surface area (Å²) in [6.45, 7) is 3.14. The molecule has 0 fully saturated rings. The van der Waals surface area contributed by atoms with Gasteiger partial charge in [-0.05, 0) is 43.5 Å². The Balaban J connectivity index is 1.89. The molecule has 0 saturated carbocycles. The minimum atomic E-state index is -0.930. The highest BCUT2D eigenvalue weighted by molar-refractivity contribution is 5.88. The molecule has 2 atom stereocenters. The molecule has 4 nitrogen and oxygen atoms in total. The summed E-state index contributed by atoms with van der Waals surface area (Å²) in [7, 11) is 0. The first kappa shape index (κ1) is 19.7. The van der Waals surface area contributed by atoms with E-state index < -0.39 is 17.7 Å². The molecule has 0 aliphatic rings. The van der Waals surface area contributed by atoms with Gasteiger partial charge in [0, 0.05) is 6.04 Å². The van der Waals surface area contributed by atoms with Crippen LogP contribution in [-0.4, -0.2) is 24.3 Å². The maximum Gasteiger partial charge on any atom is 0.234 e. The number of carbonyl (C=O) groups excluding carboxylic acids is 2. The van der Waals surface area contributed by atoms with Gasteiger partial charge in [0.25, 0.3) is 0 Å². The maximum absolute atomic E-state index is 13.3. The molecule has 26 heavy (non-hydrogen) atoms. The lowest BCUT2D eigenvalue weighted by Crippen LogP contribution is -2.45. The number of rotatable bonds is 8. The molecule has 0 unspecified atom stereocenters. The molecule has 0 bridgehead atoms. The van der Waals surface area contributed by atoms with Gasteiger partial charge in [0.2, 0.25) is 5.91 Å². The van der Waals surface area contributed by atoms with Crippen LogP contribution in [0.3, 0.4) is 0 Å². The zero-order valence-corrected chi connectivity index (χ0v) is 14.8. The van der Waals surface area contributed by atoms with Gasteiger partial charge < -0.3 is 10.6 Å². The summed E-state index contributed by atoms with van der Waals surface area (Å²) < 4.78 is 26.3. The van der Waals surface area contributed by atoms with Crippen molar-refractivity contribution in [1.82, 2.24) is 10.6 Å². The van der Waals surface area contributed by atoms with Crippen LogP contribution in [-0.2, 0) is 16.0 Å². The van der Waals surface area contributed by atoms with Gasteiger partial charge in [-0.25, -0.2) is 8.78 Å². The summed E-state index contributed by atoms with van der Waals surface area (Å²) in [4.78, 5) is 23.9. The summed E-state index contributed by atoms with van der Waals surface area (Å²) >= 11 is 0. The predicted molar refractivity (Wildman–Crippen MR) is 95.5 cm³/mol. The zero-order valence-electron chi connectivity index (χ0n) is 14.8. The van der Waals surface area contributed by atoms with Gasteiger partial charge in [-0.3, -0.25) is 9.59 Å². The van der Waals surface area contributed by atoms with Crippen LogP contribution in [0.25, 0.3) is 0 Å². The summed E-state index contributed by atoms with van der Waals surface area (Å²) in [5.74, 6) is -2.31. The van der Waals surface area contributed by atoms with Crippen molar-refractivity contribution in [3.8, 4) is 0 Å². The fourth-order valence-corrected chi connectivity index (χ4v) is 2.54. The van der Waals surface area contributed by atoms with E-state index in [4.69, 9.17) is 0 Å². The molecule has 0 radical (unpaired) electrons. The Morgan fingerprint density at radius 3 is 2.35 bits per heavy atom. The number of benzene rings is 2. The lowest BCUT2D eigenvalue weighted by molar-refractivity contribution is -0.126. The van der Waals surface area contributed by atoms with Crippen molar-refractivity contribution < 1.29 is 18.4 Å². The predicted octanol–water partition coefficient (Wildman–Crippen LogP) is 2.93. The van der Waals surface area contributed by atoms with Crippen molar-refractivity contribution in [2.75, 3.05) is 6.54 Å². The van der Waals surface area contributed by atoms with Crippen molar-refractivity contribution >= 4 is 11.7 Å². The molecule has 2 aromatic carbocycles. The average Bonchev–Trinajstić information content (AvgIpc) is 2.62. The fraction of sp³-hybridized carbons (Fsp3) is 0.300. The second kappa shape index (κ2) is 9.20. The van der Waals surface area contributed by atoms with E-state index in [-0.39, 0.29) is 24.3 Å². The first-order valence-electron chi connectivity index (χ1n) is 8.39. The number of Topliss-reactive ketones (excluding diaryl/α,β-unsaturated/α-hetero) is 1. The Bertz CT molecular complexity index is 766. The average molecular weight is 360 g/mol. The van der Waals surface area contributed by atoms with E-state index in [0.717, 1.165) is 17.7 Å². The SMILES string of the molecule is CC(=O)[C@H](Cc1ccccc1)NC(=O)CN[C@@H](C)c1ccc(F)c(F)c1. The van der Waals surface area contributed by atoms with Crippen LogP contribution in [0.5, 0.6) is 0 Å². The summed E-state index contributed by atoms with van der Waals surface area (Å²) in [5.41, 5.74) is 1.49. The van der Waals surface area contributed by atoms with Gasteiger partial charge in [0.05, 0.1) is 12.6 Å². The van der Waals surface area contributed by atoms with Gasteiger partial charge in [-0.15, -0.1) is 0 Å². The third-order valence-electron chi connectivity index (χ3n) is 4.12. The lowest BCUT2D eigenvalue weighted by Gasteiger charge is -2.18.